The highest BCUT2D eigenvalue weighted by molar-refractivity contribution is 4.97. The van der Waals surface area contributed by atoms with E-state index in [9.17, 15) is 0 Å². The third-order valence-electron chi connectivity index (χ3n) is 3.74. The average Bonchev–Trinajstić information content (AvgIpc) is 2.79. The van der Waals surface area contributed by atoms with Gasteiger partial charge in [0.15, 0.2) is 0 Å². The summed E-state index contributed by atoms with van der Waals surface area (Å²) < 4.78 is 7.54. The minimum Gasteiger partial charge on any atom is -0.377 e. The Morgan fingerprint density at radius 1 is 1.50 bits per heavy atom. The van der Waals surface area contributed by atoms with Crippen LogP contribution in [0.3, 0.4) is 0 Å². The first kappa shape index (κ1) is 15.1. The quantitative estimate of drug-likeness (QED) is 0.764. The molecule has 0 spiro atoms. The molecule has 5 nitrogen and oxygen atoms in total. The highest BCUT2D eigenvalue weighted by atomic mass is 16.5. The largest absolute Gasteiger partial charge is 0.377 e. The number of aromatic nitrogens is 3. The van der Waals surface area contributed by atoms with Gasteiger partial charge in [0.05, 0.1) is 5.60 Å². The maximum Gasteiger partial charge on any atom is 0.138 e. The van der Waals surface area contributed by atoms with E-state index in [2.05, 4.69) is 36.2 Å². The minimum atomic E-state index is -0.179. The first-order valence-corrected chi connectivity index (χ1v) is 6.68. The molecule has 1 N–H and O–H groups in total. The third kappa shape index (κ3) is 3.53. The van der Waals surface area contributed by atoms with Crippen molar-refractivity contribution in [3.8, 4) is 0 Å². The van der Waals surface area contributed by atoms with E-state index in [1.165, 1.54) is 0 Å². The molecule has 18 heavy (non-hydrogen) atoms. The summed E-state index contributed by atoms with van der Waals surface area (Å²) in [5.41, 5.74) is -0.179. The van der Waals surface area contributed by atoms with Gasteiger partial charge in [0.2, 0.25) is 0 Å². The molecule has 0 fully saturated rings. The molecule has 0 amide bonds. The molecule has 1 rings (SSSR count). The standard InChI is InChI=1S/C13H26N4O/c1-6-8-14-11(13(3,7-2)18-5)9-12-15-10-16-17(12)4/h10-11,14H,6-9H2,1-5H3. The van der Waals surface area contributed by atoms with Gasteiger partial charge in [-0.25, -0.2) is 4.98 Å². The molecule has 1 heterocycles. The van der Waals surface area contributed by atoms with Crippen molar-refractivity contribution in [1.29, 1.82) is 0 Å². The molecule has 0 saturated carbocycles. The van der Waals surface area contributed by atoms with Crippen LogP contribution < -0.4 is 5.32 Å². The van der Waals surface area contributed by atoms with E-state index >= 15 is 0 Å². The molecule has 5 heteroatoms. The zero-order chi connectivity index (χ0) is 13.6. The summed E-state index contributed by atoms with van der Waals surface area (Å²) in [5.74, 6) is 0.986. The van der Waals surface area contributed by atoms with Crippen LogP contribution in [0, 0.1) is 0 Å². The van der Waals surface area contributed by atoms with Gasteiger partial charge < -0.3 is 10.1 Å². The van der Waals surface area contributed by atoms with E-state index in [0.717, 1.165) is 31.6 Å². The van der Waals surface area contributed by atoms with E-state index in [-0.39, 0.29) is 11.6 Å². The van der Waals surface area contributed by atoms with Crippen molar-refractivity contribution in [3.05, 3.63) is 12.2 Å². The predicted octanol–water partition coefficient (Wildman–Crippen LogP) is 1.54. The summed E-state index contributed by atoms with van der Waals surface area (Å²) in [6.45, 7) is 7.46. The van der Waals surface area contributed by atoms with Crippen molar-refractivity contribution in [1.82, 2.24) is 20.1 Å². The van der Waals surface area contributed by atoms with Gasteiger partial charge in [-0.15, -0.1) is 0 Å². The van der Waals surface area contributed by atoms with Crippen LogP contribution in [0.4, 0.5) is 0 Å². The molecule has 1 aromatic rings. The van der Waals surface area contributed by atoms with Crippen LogP contribution in [0.25, 0.3) is 0 Å². The molecule has 1 aromatic heterocycles. The predicted molar refractivity (Wildman–Crippen MR) is 72.5 cm³/mol. The molecule has 2 atom stereocenters. The Morgan fingerprint density at radius 2 is 2.22 bits per heavy atom. The fourth-order valence-corrected chi connectivity index (χ4v) is 2.04. The Labute approximate surface area is 110 Å². The molecule has 0 aliphatic heterocycles. The molecule has 104 valence electrons. The first-order chi connectivity index (χ1) is 8.57. The highest BCUT2D eigenvalue weighted by Crippen LogP contribution is 2.21. The van der Waals surface area contributed by atoms with Crippen molar-refractivity contribution in [3.63, 3.8) is 0 Å². The van der Waals surface area contributed by atoms with Crippen LogP contribution in [0.2, 0.25) is 0 Å². The number of nitrogens with one attached hydrogen (secondary N) is 1. The zero-order valence-corrected chi connectivity index (χ0v) is 12.2. The van der Waals surface area contributed by atoms with Gasteiger partial charge in [-0.05, 0) is 26.3 Å². The van der Waals surface area contributed by atoms with Gasteiger partial charge in [0.25, 0.3) is 0 Å². The van der Waals surface area contributed by atoms with E-state index in [4.69, 9.17) is 4.74 Å². The van der Waals surface area contributed by atoms with E-state index < -0.39 is 0 Å². The lowest BCUT2D eigenvalue weighted by molar-refractivity contribution is -0.0293. The second kappa shape index (κ2) is 6.85. The van der Waals surface area contributed by atoms with Gasteiger partial charge in [0.1, 0.15) is 12.2 Å². The SMILES string of the molecule is CCCNC(Cc1ncnn1C)C(C)(CC)OC. The van der Waals surface area contributed by atoms with E-state index in [1.807, 2.05) is 11.7 Å². The summed E-state index contributed by atoms with van der Waals surface area (Å²) in [7, 11) is 3.70. The van der Waals surface area contributed by atoms with Crippen LogP contribution >= 0.6 is 0 Å². The Balaban J connectivity index is 2.81. The Bertz CT molecular complexity index is 347. The lowest BCUT2D eigenvalue weighted by Gasteiger charge is -2.36. The number of hydrogen-bond acceptors (Lipinski definition) is 4. The summed E-state index contributed by atoms with van der Waals surface area (Å²) in [4.78, 5) is 4.30. The smallest absolute Gasteiger partial charge is 0.138 e. The molecule has 0 aliphatic carbocycles. The fourth-order valence-electron chi connectivity index (χ4n) is 2.04. The Hall–Kier alpha value is -0.940. The highest BCUT2D eigenvalue weighted by Gasteiger charge is 2.33. The second-order valence-electron chi connectivity index (χ2n) is 4.88. The summed E-state index contributed by atoms with van der Waals surface area (Å²) in [5, 5.41) is 7.69. The molecular formula is C13H26N4O. The summed E-state index contributed by atoms with van der Waals surface area (Å²) in [6, 6.07) is 0.246. The van der Waals surface area contributed by atoms with Crippen LogP contribution in [0.5, 0.6) is 0 Å². The molecule has 0 aromatic carbocycles. The minimum absolute atomic E-state index is 0.179. The van der Waals surface area contributed by atoms with Gasteiger partial charge >= 0.3 is 0 Å². The topological polar surface area (TPSA) is 52.0 Å². The molecule has 2 unspecified atom stereocenters. The van der Waals surface area contributed by atoms with Crippen LogP contribution in [-0.4, -0.2) is 40.1 Å². The maximum absolute atomic E-state index is 5.71. The average molecular weight is 254 g/mol. The van der Waals surface area contributed by atoms with Crippen molar-refractivity contribution >= 4 is 0 Å². The third-order valence-corrected chi connectivity index (χ3v) is 3.74. The van der Waals surface area contributed by atoms with E-state index in [1.54, 1.807) is 13.4 Å². The monoisotopic (exact) mass is 254 g/mol. The first-order valence-electron chi connectivity index (χ1n) is 6.68. The lowest BCUT2D eigenvalue weighted by atomic mass is 9.90. The summed E-state index contributed by atoms with van der Waals surface area (Å²) in [6.07, 6.45) is 4.50. The molecule has 0 aliphatic rings. The number of ether oxygens (including phenoxy) is 1. The Morgan fingerprint density at radius 3 is 2.67 bits per heavy atom. The molecule has 0 radical (unpaired) electrons. The molecular weight excluding hydrogens is 228 g/mol. The van der Waals surface area contributed by atoms with E-state index in [0.29, 0.717) is 0 Å². The van der Waals surface area contributed by atoms with Gasteiger partial charge in [0, 0.05) is 26.6 Å². The number of hydrogen-bond donors (Lipinski definition) is 1. The number of nitrogens with zero attached hydrogens (tertiary/aromatic N) is 3. The van der Waals surface area contributed by atoms with Crippen LogP contribution in [-0.2, 0) is 18.2 Å². The van der Waals surface area contributed by atoms with Gasteiger partial charge in [-0.1, -0.05) is 13.8 Å². The summed E-state index contributed by atoms with van der Waals surface area (Å²) >= 11 is 0. The fraction of sp³-hybridized carbons (Fsp3) is 0.846. The van der Waals surface area contributed by atoms with Crippen LogP contribution in [0.1, 0.15) is 39.4 Å². The number of methoxy groups -OCH3 is 1. The number of aryl methyl sites for hydroxylation is 1. The van der Waals surface area contributed by atoms with Crippen molar-refractivity contribution < 1.29 is 4.74 Å². The second-order valence-corrected chi connectivity index (χ2v) is 4.88. The molecule has 0 bridgehead atoms. The van der Waals surface area contributed by atoms with Crippen LogP contribution in [0.15, 0.2) is 6.33 Å². The molecule has 0 saturated heterocycles. The van der Waals surface area contributed by atoms with Gasteiger partial charge in [-0.2, -0.15) is 5.10 Å². The Kier molecular flexibility index (Phi) is 5.75. The van der Waals surface area contributed by atoms with Crippen molar-refractivity contribution in [2.45, 2.75) is 51.7 Å². The lowest BCUT2D eigenvalue weighted by Crippen LogP contribution is -2.51. The van der Waals surface area contributed by atoms with Crippen molar-refractivity contribution in [2.75, 3.05) is 13.7 Å². The van der Waals surface area contributed by atoms with Gasteiger partial charge in [-0.3, -0.25) is 4.68 Å². The number of rotatable bonds is 8. The van der Waals surface area contributed by atoms with Crippen molar-refractivity contribution in [2.24, 2.45) is 7.05 Å². The maximum atomic E-state index is 5.71. The normalized spacial score (nSPS) is 16.5. The zero-order valence-electron chi connectivity index (χ0n) is 12.2.